The molecule has 0 aliphatic carbocycles. The molecule has 2 rings (SSSR count). The SMILES string of the molecule is C/C(=C\c1ccc(F)cc1)C(=O)N[C@@H]1CCCNC1. The highest BCUT2D eigenvalue weighted by Gasteiger charge is 2.15. The van der Waals surface area contributed by atoms with Gasteiger partial charge < -0.3 is 10.6 Å². The van der Waals surface area contributed by atoms with Crippen LogP contribution >= 0.6 is 0 Å². The maximum atomic E-state index is 12.8. The van der Waals surface area contributed by atoms with Crippen LogP contribution in [0.3, 0.4) is 0 Å². The number of halogens is 1. The molecule has 2 N–H and O–H groups in total. The summed E-state index contributed by atoms with van der Waals surface area (Å²) in [5.41, 5.74) is 1.47. The lowest BCUT2D eigenvalue weighted by Gasteiger charge is -2.23. The van der Waals surface area contributed by atoms with E-state index in [0.717, 1.165) is 31.5 Å². The molecule has 0 radical (unpaired) electrons. The molecule has 0 bridgehead atoms. The van der Waals surface area contributed by atoms with Gasteiger partial charge in [-0.05, 0) is 50.1 Å². The third-order valence-corrected chi connectivity index (χ3v) is 3.24. The molecule has 1 aliphatic heterocycles. The standard InChI is InChI=1S/C15H19FN2O/c1-11(9-12-4-6-13(16)7-5-12)15(19)18-14-3-2-8-17-10-14/h4-7,9,14,17H,2-3,8,10H2,1H3,(H,18,19)/b11-9+/t14-/m1/s1. The Hall–Kier alpha value is -1.68. The van der Waals surface area contributed by atoms with Crippen LogP contribution in [0.1, 0.15) is 25.3 Å². The van der Waals surface area contributed by atoms with Crippen LogP contribution in [0, 0.1) is 5.82 Å². The zero-order valence-corrected chi connectivity index (χ0v) is 11.1. The predicted octanol–water partition coefficient (Wildman–Crippen LogP) is 2.10. The Balaban J connectivity index is 1.95. The normalized spacial score (nSPS) is 20.1. The number of amides is 1. The van der Waals surface area contributed by atoms with E-state index in [0.29, 0.717) is 5.57 Å². The number of hydrogen-bond donors (Lipinski definition) is 2. The molecule has 1 aromatic rings. The number of hydrogen-bond acceptors (Lipinski definition) is 2. The van der Waals surface area contributed by atoms with Crippen LogP contribution < -0.4 is 10.6 Å². The highest BCUT2D eigenvalue weighted by Crippen LogP contribution is 2.09. The lowest BCUT2D eigenvalue weighted by atomic mass is 10.1. The van der Waals surface area contributed by atoms with Gasteiger partial charge >= 0.3 is 0 Å². The van der Waals surface area contributed by atoms with Crippen molar-refractivity contribution in [3.05, 3.63) is 41.2 Å². The molecule has 1 heterocycles. The van der Waals surface area contributed by atoms with Crippen molar-refractivity contribution in [3.63, 3.8) is 0 Å². The van der Waals surface area contributed by atoms with Crippen molar-refractivity contribution < 1.29 is 9.18 Å². The quantitative estimate of drug-likeness (QED) is 0.819. The van der Waals surface area contributed by atoms with Gasteiger partial charge in [-0.2, -0.15) is 0 Å². The zero-order valence-electron chi connectivity index (χ0n) is 11.1. The van der Waals surface area contributed by atoms with E-state index in [2.05, 4.69) is 10.6 Å². The van der Waals surface area contributed by atoms with Gasteiger partial charge in [-0.15, -0.1) is 0 Å². The molecule has 1 amide bonds. The number of rotatable bonds is 3. The summed E-state index contributed by atoms with van der Waals surface area (Å²) >= 11 is 0. The second-order valence-electron chi connectivity index (χ2n) is 4.90. The van der Waals surface area contributed by atoms with E-state index in [4.69, 9.17) is 0 Å². The molecule has 0 unspecified atom stereocenters. The number of carbonyl (C=O) groups is 1. The summed E-state index contributed by atoms with van der Waals surface area (Å²) in [7, 11) is 0. The molecule has 0 aromatic heterocycles. The van der Waals surface area contributed by atoms with E-state index in [1.807, 2.05) is 0 Å². The van der Waals surface area contributed by atoms with Gasteiger partial charge in [0, 0.05) is 18.2 Å². The van der Waals surface area contributed by atoms with Crippen molar-refractivity contribution in [2.24, 2.45) is 0 Å². The molecular formula is C15H19FN2O. The summed E-state index contributed by atoms with van der Waals surface area (Å²) in [4.78, 5) is 12.0. The van der Waals surface area contributed by atoms with Crippen molar-refractivity contribution >= 4 is 12.0 Å². The summed E-state index contributed by atoms with van der Waals surface area (Å²) in [6.45, 7) is 3.63. The van der Waals surface area contributed by atoms with Crippen molar-refractivity contribution in [3.8, 4) is 0 Å². The Morgan fingerprint density at radius 3 is 2.79 bits per heavy atom. The topological polar surface area (TPSA) is 41.1 Å². The Labute approximate surface area is 112 Å². The molecule has 1 aromatic carbocycles. The molecular weight excluding hydrogens is 243 g/mol. The van der Waals surface area contributed by atoms with Crippen LogP contribution in [0.15, 0.2) is 29.8 Å². The largest absolute Gasteiger partial charge is 0.348 e. The number of carbonyl (C=O) groups excluding carboxylic acids is 1. The number of piperidine rings is 1. The van der Waals surface area contributed by atoms with E-state index >= 15 is 0 Å². The number of benzene rings is 1. The van der Waals surface area contributed by atoms with Gasteiger partial charge in [0.1, 0.15) is 5.82 Å². The molecule has 1 aliphatic rings. The average Bonchev–Trinajstić information content (AvgIpc) is 2.42. The molecule has 3 nitrogen and oxygen atoms in total. The summed E-state index contributed by atoms with van der Waals surface area (Å²) in [5, 5.41) is 6.27. The van der Waals surface area contributed by atoms with Gasteiger partial charge in [-0.1, -0.05) is 12.1 Å². The van der Waals surface area contributed by atoms with Gasteiger partial charge in [0.25, 0.3) is 0 Å². The third kappa shape index (κ3) is 4.17. The summed E-state index contributed by atoms with van der Waals surface area (Å²) in [6, 6.07) is 6.31. The van der Waals surface area contributed by atoms with Crippen molar-refractivity contribution in [2.75, 3.05) is 13.1 Å². The monoisotopic (exact) mass is 262 g/mol. The van der Waals surface area contributed by atoms with Crippen LogP contribution in [0.25, 0.3) is 6.08 Å². The van der Waals surface area contributed by atoms with Crippen LogP contribution in [-0.2, 0) is 4.79 Å². The molecule has 19 heavy (non-hydrogen) atoms. The Morgan fingerprint density at radius 1 is 1.42 bits per heavy atom. The third-order valence-electron chi connectivity index (χ3n) is 3.24. The Morgan fingerprint density at radius 2 is 2.16 bits per heavy atom. The van der Waals surface area contributed by atoms with Crippen molar-refractivity contribution in [1.29, 1.82) is 0 Å². The molecule has 1 atom stereocenters. The minimum atomic E-state index is -0.271. The summed E-state index contributed by atoms with van der Waals surface area (Å²) in [6.07, 6.45) is 3.87. The van der Waals surface area contributed by atoms with Crippen molar-refractivity contribution in [2.45, 2.75) is 25.8 Å². The smallest absolute Gasteiger partial charge is 0.247 e. The predicted molar refractivity (Wildman–Crippen MR) is 74.1 cm³/mol. The lowest BCUT2D eigenvalue weighted by Crippen LogP contribution is -2.45. The van der Waals surface area contributed by atoms with E-state index in [-0.39, 0.29) is 17.8 Å². The Kier molecular flexibility index (Phi) is 4.68. The first-order valence-corrected chi connectivity index (χ1v) is 6.60. The molecule has 4 heteroatoms. The minimum Gasteiger partial charge on any atom is -0.348 e. The van der Waals surface area contributed by atoms with E-state index in [9.17, 15) is 9.18 Å². The van der Waals surface area contributed by atoms with Gasteiger partial charge in [0.2, 0.25) is 5.91 Å². The first-order valence-electron chi connectivity index (χ1n) is 6.60. The van der Waals surface area contributed by atoms with Crippen LogP contribution in [0.2, 0.25) is 0 Å². The fourth-order valence-electron chi connectivity index (χ4n) is 2.15. The highest BCUT2D eigenvalue weighted by molar-refractivity contribution is 5.97. The van der Waals surface area contributed by atoms with Crippen LogP contribution in [0.5, 0.6) is 0 Å². The van der Waals surface area contributed by atoms with Crippen molar-refractivity contribution in [1.82, 2.24) is 10.6 Å². The number of nitrogens with one attached hydrogen (secondary N) is 2. The van der Waals surface area contributed by atoms with E-state index in [1.54, 1.807) is 25.1 Å². The Bertz CT molecular complexity index is 462. The van der Waals surface area contributed by atoms with Gasteiger partial charge in [-0.25, -0.2) is 4.39 Å². The van der Waals surface area contributed by atoms with Crippen LogP contribution in [-0.4, -0.2) is 25.0 Å². The molecule has 102 valence electrons. The molecule has 1 fully saturated rings. The first kappa shape index (κ1) is 13.7. The average molecular weight is 262 g/mol. The second kappa shape index (κ2) is 6.48. The second-order valence-corrected chi connectivity index (χ2v) is 4.90. The first-order chi connectivity index (χ1) is 9.15. The highest BCUT2D eigenvalue weighted by atomic mass is 19.1. The van der Waals surface area contributed by atoms with Gasteiger partial charge in [0.05, 0.1) is 0 Å². The maximum Gasteiger partial charge on any atom is 0.247 e. The molecule has 0 spiro atoms. The van der Waals surface area contributed by atoms with Crippen LogP contribution in [0.4, 0.5) is 4.39 Å². The van der Waals surface area contributed by atoms with Gasteiger partial charge in [-0.3, -0.25) is 4.79 Å². The molecule has 1 saturated heterocycles. The van der Waals surface area contributed by atoms with E-state index in [1.165, 1.54) is 12.1 Å². The maximum absolute atomic E-state index is 12.8. The lowest BCUT2D eigenvalue weighted by molar-refractivity contribution is -0.118. The fourth-order valence-corrected chi connectivity index (χ4v) is 2.15. The fraction of sp³-hybridized carbons (Fsp3) is 0.400. The summed E-state index contributed by atoms with van der Waals surface area (Å²) in [5.74, 6) is -0.328. The van der Waals surface area contributed by atoms with Gasteiger partial charge in [0.15, 0.2) is 0 Å². The minimum absolute atomic E-state index is 0.0574. The molecule has 0 saturated carbocycles. The van der Waals surface area contributed by atoms with E-state index < -0.39 is 0 Å². The summed E-state index contributed by atoms with van der Waals surface area (Å²) < 4.78 is 12.8. The zero-order chi connectivity index (χ0) is 13.7.